The molecule has 0 amide bonds. The quantitative estimate of drug-likeness (QED) is 0.279. The number of carboxylic acid groups (broad SMARTS) is 2. The Morgan fingerprint density at radius 2 is 1.00 bits per heavy atom. The Labute approximate surface area is 134 Å². The van der Waals surface area contributed by atoms with Crippen LogP contribution in [0.5, 0.6) is 0 Å². The Hall–Kier alpha value is 2.27. The van der Waals surface area contributed by atoms with Gasteiger partial charge < -0.3 is 20.9 Å². The second kappa shape index (κ2) is 22.8. The van der Waals surface area contributed by atoms with E-state index >= 15 is 0 Å². The van der Waals surface area contributed by atoms with Gasteiger partial charge in [-0.3, -0.25) is 0 Å². The second-order valence-electron chi connectivity index (χ2n) is 1.75. The smallest absolute Gasteiger partial charge is 0.652 e. The van der Waals surface area contributed by atoms with Gasteiger partial charge in [0.1, 0.15) is 0 Å². The normalized spacial score (nSPS) is 5.45. The van der Waals surface area contributed by atoms with Crippen LogP contribution >= 0.6 is 0 Å². The van der Waals surface area contributed by atoms with Crippen molar-refractivity contribution in [2.24, 2.45) is 0 Å². The molecule has 0 spiro atoms. The molecule has 0 fully saturated rings. The first kappa shape index (κ1) is 29.2. The van der Waals surface area contributed by atoms with Gasteiger partial charge in [0.25, 0.3) is 0 Å². The van der Waals surface area contributed by atoms with Gasteiger partial charge in [0.05, 0.1) is 0 Å². The van der Waals surface area contributed by atoms with Crippen LogP contribution in [0, 0.1) is 5.92 Å². The van der Waals surface area contributed by atoms with Crippen molar-refractivity contribution in [3.8, 4) is 0 Å². The first-order valence-electron chi connectivity index (χ1n) is 2.11. The molecule has 0 bridgehead atoms. The van der Waals surface area contributed by atoms with E-state index in [1.165, 1.54) is 5.92 Å². The number of carbonyl (C=O) groups excluding carboxylic acids is 1. The van der Waals surface area contributed by atoms with E-state index in [-0.39, 0.29) is 88.7 Å². The topological polar surface area (TPSA) is 63.2 Å². The summed E-state index contributed by atoms with van der Waals surface area (Å²) >= 11 is 0. The van der Waals surface area contributed by atoms with Gasteiger partial charge in [-0.15, -0.1) is 0 Å². The monoisotopic (exact) mass is 186 g/mol. The second-order valence-corrected chi connectivity index (χ2v) is 1.75. The first-order chi connectivity index (χ1) is 3.46. The van der Waals surface area contributed by atoms with Crippen molar-refractivity contribution in [1.82, 2.24) is 0 Å². The molecule has 50 valence electrons. The van der Waals surface area contributed by atoms with Crippen molar-refractivity contribution >= 4 is 6.16 Å². The molecule has 0 aromatic heterocycles. The van der Waals surface area contributed by atoms with Crippen LogP contribution in [-0.4, -0.2) is 6.16 Å². The molecular weight excluding hydrogens is 177 g/mol. The van der Waals surface area contributed by atoms with Gasteiger partial charge in [-0.2, -0.15) is 20.8 Å². The Balaban J connectivity index is -0.0000000171. The van der Waals surface area contributed by atoms with Gasteiger partial charge in [-0.05, 0) is 6.16 Å². The molecule has 6 heteroatoms. The minimum absolute atomic E-state index is 0. The average Bonchev–Trinajstić information content (AvgIpc) is 1.25. The predicted molar refractivity (Wildman–Crippen MR) is 25.7 cm³/mol. The number of hydrogen-bond donors (Lipinski definition) is 0. The van der Waals surface area contributed by atoms with Gasteiger partial charge in [-0.1, -0.05) is 0 Å². The summed E-state index contributed by atoms with van der Waals surface area (Å²) in [5.74, 6) is 1.42. The maximum atomic E-state index is 8.33. The van der Waals surface area contributed by atoms with Crippen molar-refractivity contribution in [3.05, 3.63) is 5.92 Å². The van der Waals surface area contributed by atoms with E-state index in [2.05, 4.69) is 20.8 Å². The van der Waals surface area contributed by atoms with Gasteiger partial charge in [0.15, 0.2) is 0 Å². The van der Waals surface area contributed by atoms with Crippen LogP contribution in [0.1, 0.15) is 20.8 Å². The number of rotatable bonds is 0. The summed E-state index contributed by atoms with van der Waals surface area (Å²) < 4.78 is 0. The molecule has 0 unspecified atom stereocenters. The Kier molecular flexibility index (Phi) is 60.5. The molecule has 0 saturated carbocycles. The number of carbonyl (C=O) groups is 1. The van der Waals surface area contributed by atoms with Crippen molar-refractivity contribution in [2.45, 2.75) is 20.8 Å². The fourth-order valence-corrected chi connectivity index (χ4v) is 0. The molecule has 0 heterocycles. The average molecular weight is 186 g/mol. The summed E-state index contributed by atoms with van der Waals surface area (Å²) in [6, 6.07) is 0. The van der Waals surface area contributed by atoms with Crippen molar-refractivity contribution in [2.75, 3.05) is 0 Å². The van der Waals surface area contributed by atoms with E-state index in [0.29, 0.717) is 0 Å². The standard InChI is InChI=1S/C4H9.CH2O3.3Na/c1-4(2)3;2-1(3)4;;;/h1-3H3;(H2,2,3,4);;;/q-1;;3*+1/p-2. The van der Waals surface area contributed by atoms with Crippen LogP contribution in [0.4, 0.5) is 4.79 Å². The van der Waals surface area contributed by atoms with E-state index in [4.69, 9.17) is 15.0 Å². The van der Waals surface area contributed by atoms with Gasteiger partial charge in [-0.25, -0.2) is 0 Å². The molecule has 0 rings (SSSR count). The largest absolute Gasteiger partial charge is 1.00 e. The van der Waals surface area contributed by atoms with Crippen LogP contribution in [0.3, 0.4) is 0 Å². The van der Waals surface area contributed by atoms with Gasteiger partial charge >= 0.3 is 88.7 Å². The van der Waals surface area contributed by atoms with Crippen molar-refractivity contribution in [1.29, 1.82) is 0 Å². The minimum Gasteiger partial charge on any atom is -0.652 e. The molecule has 0 aliphatic rings. The molecule has 0 aliphatic heterocycles. The molecule has 0 aliphatic carbocycles. The Morgan fingerprint density at radius 3 is 1.00 bits per heavy atom. The summed E-state index contributed by atoms with van der Waals surface area (Å²) in [6.07, 6.45) is -2.33. The SMILES string of the molecule is C[C-](C)C.O=C([O-])[O-].[Na+].[Na+].[Na+]. The Bertz CT molecular complexity index is 61.2. The summed E-state index contributed by atoms with van der Waals surface area (Å²) in [6.45, 7) is 6.25. The molecule has 0 atom stereocenters. The van der Waals surface area contributed by atoms with E-state index < -0.39 is 6.16 Å². The van der Waals surface area contributed by atoms with E-state index in [1.54, 1.807) is 0 Å². The summed E-state index contributed by atoms with van der Waals surface area (Å²) in [4.78, 5) is 8.33. The number of hydrogen-bond acceptors (Lipinski definition) is 3. The third kappa shape index (κ3) is 251. The van der Waals surface area contributed by atoms with E-state index in [9.17, 15) is 0 Å². The maximum absolute atomic E-state index is 8.33. The summed E-state index contributed by atoms with van der Waals surface area (Å²) in [5.41, 5.74) is 0. The fourth-order valence-electron chi connectivity index (χ4n) is 0. The zero-order valence-electron chi connectivity index (χ0n) is 8.22. The summed E-state index contributed by atoms with van der Waals surface area (Å²) in [7, 11) is 0. The molecule has 3 nitrogen and oxygen atoms in total. The van der Waals surface area contributed by atoms with E-state index in [0.717, 1.165) is 0 Å². The third-order valence-corrected chi connectivity index (χ3v) is 0. The minimum atomic E-state index is -2.33. The van der Waals surface area contributed by atoms with Crippen LogP contribution < -0.4 is 98.9 Å². The zero-order chi connectivity index (χ0) is 7.15. The Morgan fingerprint density at radius 1 is 1.00 bits per heavy atom. The van der Waals surface area contributed by atoms with Crippen LogP contribution in [0.15, 0.2) is 0 Å². The van der Waals surface area contributed by atoms with Crippen LogP contribution in [0.2, 0.25) is 0 Å². The molecule has 0 aromatic carbocycles. The molecule has 0 N–H and O–H groups in total. The van der Waals surface area contributed by atoms with E-state index in [1.807, 2.05) is 0 Å². The molecule has 0 saturated heterocycles. The van der Waals surface area contributed by atoms with Crippen molar-refractivity contribution < 1.29 is 104 Å². The third-order valence-electron chi connectivity index (χ3n) is 0. The zero-order valence-corrected chi connectivity index (χ0v) is 14.2. The van der Waals surface area contributed by atoms with Crippen LogP contribution in [0.25, 0.3) is 0 Å². The molecular formula is C5H9Na3O3. The fraction of sp³-hybridized carbons (Fsp3) is 0.600. The molecule has 0 radical (unpaired) electrons. The molecule has 11 heavy (non-hydrogen) atoms. The van der Waals surface area contributed by atoms with Gasteiger partial charge in [0, 0.05) is 0 Å². The van der Waals surface area contributed by atoms with Crippen LogP contribution in [-0.2, 0) is 0 Å². The first-order valence-corrected chi connectivity index (χ1v) is 2.11. The van der Waals surface area contributed by atoms with Crippen molar-refractivity contribution in [3.63, 3.8) is 0 Å². The molecule has 0 aromatic rings. The maximum Gasteiger partial charge on any atom is 1.00 e. The summed E-state index contributed by atoms with van der Waals surface area (Å²) in [5, 5.41) is 16.7. The van der Waals surface area contributed by atoms with Gasteiger partial charge in [0.2, 0.25) is 0 Å². The predicted octanol–water partition coefficient (Wildman–Crippen LogP) is -9.81.